The molecule has 6 heteroatoms. The first-order valence-corrected chi connectivity index (χ1v) is 6.13. The van der Waals surface area contributed by atoms with Crippen molar-refractivity contribution in [2.45, 2.75) is 32.8 Å². The van der Waals surface area contributed by atoms with Gasteiger partial charge in [-0.15, -0.1) is 0 Å². The van der Waals surface area contributed by atoms with Crippen LogP contribution in [-0.4, -0.2) is 43.3 Å². The highest BCUT2D eigenvalue weighted by Gasteiger charge is 2.20. The van der Waals surface area contributed by atoms with Crippen molar-refractivity contribution >= 4 is 11.9 Å². The smallest absolute Gasteiger partial charge is 0.308 e. The van der Waals surface area contributed by atoms with E-state index in [0.717, 1.165) is 0 Å². The lowest BCUT2D eigenvalue weighted by Gasteiger charge is -2.17. The Morgan fingerprint density at radius 3 is 2.39 bits per heavy atom. The van der Waals surface area contributed by atoms with Crippen molar-refractivity contribution in [2.24, 2.45) is 17.6 Å². The van der Waals surface area contributed by atoms with Crippen LogP contribution in [0.2, 0.25) is 0 Å². The van der Waals surface area contributed by atoms with E-state index in [1.54, 1.807) is 0 Å². The summed E-state index contributed by atoms with van der Waals surface area (Å²) in [6.07, 6.45) is 0.375. The van der Waals surface area contributed by atoms with Crippen LogP contribution < -0.4 is 11.1 Å². The molecule has 0 saturated carbocycles. The molecule has 0 aliphatic rings. The molecule has 0 rings (SSSR count). The van der Waals surface area contributed by atoms with Crippen molar-refractivity contribution in [3.8, 4) is 0 Å². The normalized spacial score (nSPS) is 14.3. The third-order valence-electron chi connectivity index (χ3n) is 2.66. The number of carbonyl (C=O) groups excluding carboxylic acids is 1. The molecule has 0 aromatic heterocycles. The van der Waals surface area contributed by atoms with Crippen molar-refractivity contribution in [3.05, 3.63) is 0 Å². The average molecular weight is 260 g/mol. The molecule has 2 unspecified atom stereocenters. The Bertz CT molecular complexity index is 265. The number of amides is 1. The minimum Gasteiger partial charge on any atom is -0.481 e. The lowest BCUT2D eigenvalue weighted by molar-refractivity contribution is -0.142. The summed E-state index contributed by atoms with van der Waals surface area (Å²) in [5, 5.41) is 11.6. The van der Waals surface area contributed by atoms with Gasteiger partial charge < -0.3 is 20.9 Å². The molecule has 0 saturated heterocycles. The summed E-state index contributed by atoms with van der Waals surface area (Å²) < 4.78 is 4.99. The SMILES string of the molecule is COC(CN)CC(=O)NCC(CC(C)C)C(=O)O. The third kappa shape index (κ3) is 7.24. The van der Waals surface area contributed by atoms with Crippen LogP contribution in [0.15, 0.2) is 0 Å². The van der Waals surface area contributed by atoms with E-state index in [2.05, 4.69) is 5.32 Å². The second kappa shape index (κ2) is 8.88. The maximum Gasteiger partial charge on any atom is 0.308 e. The Kier molecular flexibility index (Phi) is 8.32. The van der Waals surface area contributed by atoms with Crippen LogP contribution in [0.1, 0.15) is 26.7 Å². The van der Waals surface area contributed by atoms with Gasteiger partial charge in [-0.05, 0) is 12.3 Å². The molecule has 0 aliphatic heterocycles. The van der Waals surface area contributed by atoms with E-state index in [1.165, 1.54) is 7.11 Å². The summed E-state index contributed by atoms with van der Waals surface area (Å²) >= 11 is 0. The lowest BCUT2D eigenvalue weighted by Crippen LogP contribution is -2.37. The molecular weight excluding hydrogens is 236 g/mol. The summed E-state index contributed by atoms with van der Waals surface area (Å²) in [5.41, 5.74) is 5.40. The molecule has 1 amide bonds. The van der Waals surface area contributed by atoms with Crippen molar-refractivity contribution in [1.82, 2.24) is 5.32 Å². The Balaban J connectivity index is 4.10. The predicted molar refractivity (Wildman–Crippen MR) is 68.1 cm³/mol. The molecular formula is C12H24N2O4. The zero-order chi connectivity index (χ0) is 14.1. The second-order valence-electron chi connectivity index (χ2n) is 4.77. The fourth-order valence-corrected chi connectivity index (χ4v) is 1.62. The van der Waals surface area contributed by atoms with Gasteiger partial charge in [0.25, 0.3) is 0 Å². The number of ether oxygens (including phenoxy) is 1. The van der Waals surface area contributed by atoms with Crippen LogP contribution in [0.4, 0.5) is 0 Å². The maximum absolute atomic E-state index is 11.5. The quantitative estimate of drug-likeness (QED) is 0.550. The van der Waals surface area contributed by atoms with Crippen LogP contribution >= 0.6 is 0 Å². The van der Waals surface area contributed by atoms with Crippen molar-refractivity contribution in [3.63, 3.8) is 0 Å². The highest BCUT2D eigenvalue weighted by molar-refractivity contribution is 5.77. The summed E-state index contributed by atoms with van der Waals surface area (Å²) in [4.78, 5) is 22.5. The largest absolute Gasteiger partial charge is 0.481 e. The monoisotopic (exact) mass is 260 g/mol. The Morgan fingerprint density at radius 1 is 1.39 bits per heavy atom. The van der Waals surface area contributed by atoms with Crippen molar-refractivity contribution in [1.29, 1.82) is 0 Å². The number of carboxylic acid groups (broad SMARTS) is 1. The Labute approximate surface area is 108 Å². The second-order valence-corrected chi connectivity index (χ2v) is 4.77. The van der Waals surface area contributed by atoms with E-state index in [1.807, 2.05) is 13.8 Å². The molecule has 0 aromatic carbocycles. The lowest BCUT2D eigenvalue weighted by atomic mass is 9.97. The minimum atomic E-state index is -0.883. The van der Waals surface area contributed by atoms with Gasteiger partial charge in [0.1, 0.15) is 0 Å². The first kappa shape index (κ1) is 16.9. The number of nitrogens with two attached hydrogens (primary N) is 1. The first-order valence-electron chi connectivity index (χ1n) is 6.13. The van der Waals surface area contributed by atoms with Crippen LogP contribution in [0.5, 0.6) is 0 Å². The molecule has 0 spiro atoms. The number of carbonyl (C=O) groups is 2. The molecule has 0 aromatic rings. The molecule has 0 bridgehead atoms. The summed E-state index contributed by atoms with van der Waals surface area (Å²) in [5.74, 6) is -1.39. The highest BCUT2D eigenvalue weighted by Crippen LogP contribution is 2.11. The predicted octanol–water partition coefficient (Wildman–Crippen LogP) is 0.213. The van der Waals surface area contributed by atoms with Crippen molar-refractivity contribution < 1.29 is 19.4 Å². The van der Waals surface area contributed by atoms with Gasteiger partial charge in [0.15, 0.2) is 0 Å². The van der Waals surface area contributed by atoms with E-state index < -0.39 is 11.9 Å². The minimum absolute atomic E-state index is 0.146. The van der Waals surface area contributed by atoms with Gasteiger partial charge in [0.05, 0.1) is 18.4 Å². The van der Waals surface area contributed by atoms with Gasteiger partial charge in [0.2, 0.25) is 5.91 Å². The third-order valence-corrected chi connectivity index (χ3v) is 2.66. The number of methoxy groups -OCH3 is 1. The molecule has 4 N–H and O–H groups in total. The van der Waals surface area contributed by atoms with Crippen molar-refractivity contribution in [2.75, 3.05) is 20.2 Å². The number of nitrogens with one attached hydrogen (secondary N) is 1. The molecule has 0 heterocycles. The zero-order valence-electron chi connectivity index (χ0n) is 11.3. The van der Waals surface area contributed by atoms with E-state index in [0.29, 0.717) is 6.42 Å². The fourth-order valence-electron chi connectivity index (χ4n) is 1.62. The van der Waals surface area contributed by atoms with Gasteiger partial charge in [-0.2, -0.15) is 0 Å². The standard InChI is InChI=1S/C12H24N2O4/c1-8(2)4-9(12(16)17)7-14-11(15)5-10(6-13)18-3/h8-10H,4-7,13H2,1-3H3,(H,14,15)(H,16,17). The maximum atomic E-state index is 11.5. The average Bonchev–Trinajstić information content (AvgIpc) is 2.30. The summed E-state index contributed by atoms with van der Waals surface area (Å²) in [6.45, 7) is 4.31. The fraction of sp³-hybridized carbons (Fsp3) is 0.833. The number of rotatable bonds is 9. The Morgan fingerprint density at radius 2 is 2.00 bits per heavy atom. The zero-order valence-corrected chi connectivity index (χ0v) is 11.3. The molecule has 0 aliphatic carbocycles. The van der Waals surface area contributed by atoms with E-state index >= 15 is 0 Å². The van der Waals surface area contributed by atoms with Gasteiger partial charge >= 0.3 is 5.97 Å². The topological polar surface area (TPSA) is 102 Å². The van der Waals surface area contributed by atoms with Crippen LogP contribution in [0, 0.1) is 11.8 Å². The van der Waals surface area contributed by atoms with Gasteiger partial charge in [-0.3, -0.25) is 9.59 Å². The highest BCUT2D eigenvalue weighted by atomic mass is 16.5. The van der Waals surface area contributed by atoms with E-state index in [4.69, 9.17) is 15.6 Å². The molecule has 106 valence electrons. The summed E-state index contributed by atoms with van der Waals surface area (Å²) in [6, 6.07) is 0. The molecule has 0 radical (unpaired) electrons. The van der Waals surface area contributed by atoms with Gasteiger partial charge in [0, 0.05) is 20.2 Å². The van der Waals surface area contributed by atoms with Gasteiger partial charge in [-0.1, -0.05) is 13.8 Å². The van der Waals surface area contributed by atoms with Crippen LogP contribution in [0.3, 0.4) is 0 Å². The number of aliphatic carboxylic acids is 1. The van der Waals surface area contributed by atoms with E-state index in [-0.39, 0.29) is 37.4 Å². The van der Waals surface area contributed by atoms with Gasteiger partial charge in [-0.25, -0.2) is 0 Å². The number of carboxylic acids is 1. The van der Waals surface area contributed by atoms with E-state index in [9.17, 15) is 9.59 Å². The van der Waals surface area contributed by atoms with Crippen LogP contribution in [-0.2, 0) is 14.3 Å². The number of hydrogen-bond donors (Lipinski definition) is 3. The first-order chi connectivity index (χ1) is 8.40. The summed E-state index contributed by atoms with van der Waals surface area (Å²) in [7, 11) is 1.49. The Hall–Kier alpha value is -1.14. The number of hydrogen-bond acceptors (Lipinski definition) is 4. The molecule has 18 heavy (non-hydrogen) atoms. The van der Waals surface area contributed by atoms with Crippen LogP contribution in [0.25, 0.3) is 0 Å². The molecule has 0 fully saturated rings. The molecule has 6 nitrogen and oxygen atoms in total. The molecule has 2 atom stereocenters.